The summed E-state index contributed by atoms with van der Waals surface area (Å²) in [6, 6.07) is 20.7. The average molecular weight is 370 g/mol. The highest BCUT2D eigenvalue weighted by Gasteiger charge is 2.51. The highest BCUT2D eigenvalue weighted by Crippen LogP contribution is 2.55. The van der Waals surface area contributed by atoms with E-state index in [1.165, 1.54) is 12.8 Å². The second-order valence-electron chi connectivity index (χ2n) is 8.42. The van der Waals surface area contributed by atoms with Crippen LogP contribution in [-0.2, 0) is 0 Å². The van der Waals surface area contributed by atoms with Gasteiger partial charge in [-0.15, -0.1) is 0 Å². The molecule has 1 spiro atoms. The van der Waals surface area contributed by atoms with E-state index in [0.717, 1.165) is 58.9 Å². The third-order valence-corrected chi connectivity index (χ3v) is 6.73. The van der Waals surface area contributed by atoms with Crippen LogP contribution in [0.15, 0.2) is 60.7 Å². The Kier molecular flexibility index (Phi) is 4.23. The summed E-state index contributed by atoms with van der Waals surface area (Å²) in [4.78, 5) is 14.0. The summed E-state index contributed by atoms with van der Waals surface area (Å²) < 4.78 is 6.78. The molecule has 0 aromatic heterocycles. The van der Waals surface area contributed by atoms with Gasteiger partial charge < -0.3 is 4.74 Å². The maximum Gasteiger partial charge on any atom is 0.176 e. The highest BCUT2D eigenvalue weighted by atomic mass is 16.5. The molecule has 3 aromatic rings. The maximum atomic E-state index is 14.0. The van der Waals surface area contributed by atoms with Crippen LogP contribution in [0.5, 0.6) is 5.75 Å². The van der Waals surface area contributed by atoms with Gasteiger partial charge in [0.05, 0.1) is 11.0 Å². The number of carbonyl (C=O) groups excluding carboxylic acids is 1. The number of Topliss-reactive ketones (excluding diaryl/α,β-unsaturated/α-hetero) is 1. The lowest BCUT2D eigenvalue weighted by Gasteiger charge is -2.43. The molecule has 3 aromatic carbocycles. The van der Waals surface area contributed by atoms with Crippen LogP contribution < -0.4 is 4.74 Å². The zero-order chi connectivity index (χ0) is 19.1. The van der Waals surface area contributed by atoms with Crippen LogP contribution in [0.25, 0.3) is 10.8 Å². The number of ether oxygens (including phenoxy) is 1. The first-order valence-electron chi connectivity index (χ1n) is 10.5. The third-order valence-electron chi connectivity index (χ3n) is 6.73. The SMILES string of the molecule is Cc1cc2c(c3ccccc13)O[C@@H](c1ccccc1)C1(CCCCCC1)C2=O. The van der Waals surface area contributed by atoms with Crippen molar-refractivity contribution in [1.29, 1.82) is 0 Å². The largest absolute Gasteiger partial charge is 0.483 e. The minimum Gasteiger partial charge on any atom is -0.483 e. The first kappa shape index (κ1) is 17.5. The molecule has 1 heterocycles. The minimum atomic E-state index is -0.445. The number of benzene rings is 3. The number of ketones is 1. The molecule has 0 N–H and O–H groups in total. The zero-order valence-corrected chi connectivity index (χ0v) is 16.4. The second-order valence-corrected chi connectivity index (χ2v) is 8.42. The van der Waals surface area contributed by atoms with Crippen molar-refractivity contribution in [3.63, 3.8) is 0 Å². The first-order chi connectivity index (χ1) is 13.7. The van der Waals surface area contributed by atoms with Crippen LogP contribution in [-0.4, -0.2) is 5.78 Å². The Morgan fingerprint density at radius 3 is 2.21 bits per heavy atom. The van der Waals surface area contributed by atoms with Gasteiger partial charge in [-0.3, -0.25) is 4.79 Å². The van der Waals surface area contributed by atoms with Crippen molar-refractivity contribution in [2.45, 2.75) is 51.6 Å². The summed E-state index contributed by atoms with van der Waals surface area (Å²) in [7, 11) is 0. The predicted molar refractivity (Wildman–Crippen MR) is 113 cm³/mol. The number of hydrogen-bond donors (Lipinski definition) is 0. The number of carbonyl (C=O) groups is 1. The van der Waals surface area contributed by atoms with Crippen LogP contribution in [0, 0.1) is 12.3 Å². The van der Waals surface area contributed by atoms with Crippen LogP contribution in [0.4, 0.5) is 0 Å². The van der Waals surface area contributed by atoms with E-state index >= 15 is 0 Å². The Labute approximate surface area is 166 Å². The van der Waals surface area contributed by atoms with Gasteiger partial charge in [0.15, 0.2) is 5.78 Å². The summed E-state index contributed by atoms with van der Waals surface area (Å²) in [5, 5.41) is 2.22. The fourth-order valence-corrected chi connectivity index (χ4v) is 5.31. The molecule has 0 radical (unpaired) electrons. The Bertz CT molecular complexity index is 1030. The summed E-state index contributed by atoms with van der Waals surface area (Å²) in [6.07, 6.45) is 6.23. The Balaban J connectivity index is 1.76. The number of rotatable bonds is 1. The standard InChI is InChI=1S/C26H26O2/c1-18-17-22-23(21-14-8-7-13-20(18)21)28-25(19-11-5-4-6-12-19)26(24(22)27)15-9-2-3-10-16-26/h4-8,11-14,17,25H,2-3,9-10,15-16H2,1H3/t25-/m0/s1. The van der Waals surface area contributed by atoms with E-state index in [-0.39, 0.29) is 6.10 Å². The van der Waals surface area contributed by atoms with Gasteiger partial charge in [-0.2, -0.15) is 0 Å². The quantitative estimate of drug-likeness (QED) is 0.470. The molecule has 0 amide bonds. The van der Waals surface area contributed by atoms with E-state index in [9.17, 15) is 4.79 Å². The van der Waals surface area contributed by atoms with Crippen molar-refractivity contribution in [1.82, 2.24) is 0 Å². The summed E-state index contributed by atoms with van der Waals surface area (Å²) in [6.45, 7) is 2.10. The summed E-state index contributed by atoms with van der Waals surface area (Å²) in [5.74, 6) is 1.06. The molecular weight excluding hydrogens is 344 g/mol. The van der Waals surface area contributed by atoms with Gasteiger partial charge in [0.25, 0.3) is 0 Å². The van der Waals surface area contributed by atoms with Gasteiger partial charge in [0.1, 0.15) is 11.9 Å². The molecule has 0 bridgehead atoms. The molecule has 142 valence electrons. The zero-order valence-electron chi connectivity index (χ0n) is 16.4. The van der Waals surface area contributed by atoms with Gasteiger partial charge in [0, 0.05) is 5.39 Å². The van der Waals surface area contributed by atoms with Gasteiger partial charge in [-0.25, -0.2) is 0 Å². The van der Waals surface area contributed by atoms with E-state index in [1.54, 1.807) is 0 Å². The molecule has 0 saturated heterocycles. The van der Waals surface area contributed by atoms with Crippen molar-refractivity contribution in [2.24, 2.45) is 5.41 Å². The minimum absolute atomic E-state index is 0.210. The lowest BCUT2D eigenvalue weighted by Crippen LogP contribution is -2.43. The van der Waals surface area contributed by atoms with Gasteiger partial charge in [0.2, 0.25) is 0 Å². The molecule has 0 unspecified atom stereocenters. The van der Waals surface area contributed by atoms with Crippen LogP contribution in [0.1, 0.15) is 66.1 Å². The number of fused-ring (bicyclic) bond motifs is 3. The molecule has 28 heavy (non-hydrogen) atoms. The van der Waals surface area contributed by atoms with Crippen LogP contribution in [0.3, 0.4) is 0 Å². The Morgan fingerprint density at radius 1 is 0.857 bits per heavy atom. The van der Waals surface area contributed by atoms with Crippen molar-refractivity contribution >= 4 is 16.6 Å². The molecule has 1 fully saturated rings. The summed E-state index contributed by atoms with van der Waals surface area (Å²) in [5.41, 5.74) is 2.60. The third kappa shape index (κ3) is 2.58. The molecule has 1 saturated carbocycles. The van der Waals surface area contributed by atoms with Gasteiger partial charge in [-0.05, 0) is 42.3 Å². The van der Waals surface area contributed by atoms with Gasteiger partial charge in [-0.1, -0.05) is 80.3 Å². The Hall–Kier alpha value is -2.61. The highest BCUT2D eigenvalue weighted by molar-refractivity contribution is 6.09. The number of aryl methyl sites for hydroxylation is 1. The lowest BCUT2D eigenvalue weighted by molar-refractivity contribution is 0.0176. The molecular formula is C26H26O2. The molecule has 5 rings (SSSR count). The van der Waals surface area contributed by atoms with Crippen molar-refractivity contribution in [3.8, 4) is 5.75 Å². The predicted octanol–water partition coefficient (Wildman–Crippen LogP) is 6.81. The molecule has 1 aliphatic heterocycles. The fourth-order valence-electron chi connectivity index (χ4n) is 5.31. The second kappa shape index (κ2) is 6.77. The van der Waals surface area contributed by atoms with E-state index in [0.29, 0.717) is 5.78 Å². The molecule has 2 nitrogen and oxygen atoms in total. The van der Waals surface area contributed by atoms with Crippen molar-refractivity contribution in [2.75, 3.05) is 0 Å². The monoisotopic (exact) mass is 370 g/mol. The maximum absolute atomic E-state index is 14.0. The average Bonchev–Trinajstić information content (AvgIpc) is 2.99. The normalized spacial score (nSPS) is 21.2. The van der Waals surface area contributed by atoms with Crippen molar-refractivity contribution < 1.29 is 9.53 Å². The number of hydrogen-bond acceptors (Lipinski definition) is 2. The molecule has 2 aliphatic rings. The summed E-state index contributed by atoms with van der Waals surface area (Å²) >= 11 is 0. The smallest absolute Gasteiger partial charge is 0.176 e. The van der Waals surface area contributed by atoms with Crippen LogP contribution in [0.2, 0.25) is 0 Å². The van der Waals surface area contributed by atoms with Crippen LogP contribution >= 0.6 is 0 Å². The topological polar surface area (TPSA) is 26.3 Å². The molecule has 1 aliphatic carbocycles. The fraction of sp³-hybridized carbons (Fsp3) is 0.346. The van der Waals surface area contributed by atoms with E-state index in [1.807, 2.05) is 18.2 Å². The molecule has 2 heteroatoms. The van der Waals surface area contributed by atoms with Gasteiger partial charge >= 0.3 is 0 Å². The van der Waals surface area contributed by atoms with E-state index in [4.69, 9.17) is 4.74 Å². The molecule has 1 atom stereocenters. The van der Waals surface area contributed by atoms with E-state index < -0.39 is 5.41 Å². The lowest BCUT2D eigenvalue weighted by atomic mass is 9.66. The Morgan fingerprint density at radius 2 is 1.50 bits per heavy atom. The first-order valence-corrected chi connectivity index (χ1v) is 10.5. The van der Waals surface area contributed by atoms with Crippen molar-refractivity contribution in [3.05, 3.63) is 77.4 Å². The van der Waals surface area contributed by atoms with E-state index in [2.05, 4.69) is 49.4 Å².